The number of aliphatic hydroxyl groups is 1. The van der Waals surface area contributed by atoms with E-state index in [-0.39, 0.29) is 30.9 Å². The van der Waals surface area contributed by atoms with Crippen LogP contribution in [-0.4, -0.2) is 23.7 Å². The first-order valence-corrected chi connectivity index (χ1v) is 7.20. The van der Waals surface area contributed by atoms with Crippen molar-refractivity contribution >= 4 is 29.1 Å². The highest BCUT2D eigenvalue weighted by atomic mass is 35.5. The molecular formula is C14H17Cl2NO2. The van der Waals surface area contributed by atoms with Crippen molar-refractivity contribution in [3.8, 4) is 0 Å². The van der Waals surface area contributed by atoms with Crippen LogP contribution in [0.2, 0.25) is 10.0 Å². The fourth-order valence-corrected chi connectivity index (χ4v) is 3.02. The average molecular weight is 302 g/mol. The summed E-state index contributed by atoms with van der Waals surface area (Å²) in [6.07, 6.45) is 3.21. The molecule has 1 aliphatic rings. The molecule has 2 atom stereocenters. The Hall–Kier alpha value is -0.770. The van der Waals surface area contributed by atoms with E-state index in [1.54, 1.807) is 18.2 Å². The Bertz CT molecular complexity index is 465. The van der Waals surface area contributed by atoms with E-state index < -0.39 is 0 Å². The van der Waals surface area contributed by atoms with Gasteiger partial charge in [0.1, 0.15) is 0 Å². The number of carbonyl (C=O) groups excluding carboxylic acids is 1. The summed E-state index contributed by atoms with van der Waals surface area (Å²) in [5.41, 5.74) is 0.766. The fourth-order valence-electron chi connectivity index (χ4n) is 2.54. The first-order valence-electron chi connectivity index (χ1n) is 6.44. The maximum atomic E-state index is 12.0. The third kappa shape index (κ3) is 3.85. The molecule has 2 N–H and O–H groups in total. The van der Waals surface area contributed by atoms with Gasteiger partial charge in [-0.15, -0.1) is 0 Å². The van der Waals surface area contributed by atoms with E-state index in [4.69, 9.17) is 23.2 Å². The summed E-state index contributed by atoms with van der Waals surface area (Å²) >= 11 is 11.9. The van der Waals surface area contributed by atoms with Crippen LogP contribution in [0, 0.1) is 5.92 Å². The molecule has 1 saturated carbocycles. The number of carbonyl (C=O) groups is 1. The van der Waals surface area contributed by atoms with E-state index in [1.165, 1.54) is 0 Å². The number of hydrogen-bond donors (Lipinski definition) is 2. The summed E-state index contributed by atoms with van der Waals surface area (Å²) < 4.78 is 0. The number of amides is 1. The monoisotopic (exact) mass is 301 g/mol. The van der Waals surface area contributed by atoms with Gasteiger partial charge in [-0.05, 0) is 30.5 Å². The van der Waals surface area contributed by atoms with Gasteiger partial charge in [0.25, 0.3) is 0 Å². The summed E-state index contributed by atoms with van der Waals surface area (Å²) in [5.74, 6) is 0.124. The van der Waals surface area contributed by atoms with Crippen molar-refractivity contribution < 1.29 is 9.90 Å². The molecule has 0 bridgehead atoms. The lowest BCUT2D eigenvalue weighted by Crippen LogP contribution is -2.39. The molecule has 2 unspecified atom stereocenters. The summed E-state index contributed by atoms with van der Waals surface area (Å²) in [4.78, 5) is 12.0. The Kier molecular flexibility index (Phi) is 5.08. The Morgan fingerprint density at radius 3 is 2.84 bits per heavy atom. The van der Waals surface area contributed by atoms with Crippen LogP contribution in [-0.2, 0) is 11.2 Å². The van der Waals surface area contributed by atoms with Gasteiger partial charge in [0.15, 0.2) is 0 Å². The normalized spacial score (nSPS) is 22.5. The maximum Gasteiger partial charge on any atom is 0.224 e. The number of aliphatic hydroxyl groups excluding tert-OH is 1. The molecule has 1 fully saturated rings. The Morgan fingerprint density at radius 1 is 1.37 bits per heavy atom. The number of nitrogens with one attached hydrogen (secondary N) is 1. The van der Waals surface area contributed by atoms with E-state index in [0.29, 0.717) is 10.0 Å². The summed E-state index contributed by atoms with van der Waals surface area (Å²) in [6.45, 7) is 0.132. The number of halogens is 2. The summed E-state index contributed by atoms with van der Waals surface area (Å²) in [7, 11) is 0. The van der Waals surface area contributed by atoms with Crippen molar-refractivity contribution in [3.05, 3.63) is 33.8 Å². The molecule has 0 aliphatic heterocycles. The molecule has 5 heteroatoms. The van der Waals surface area contributed by atoms with Crippen molar-refractivity contribution in [3.63, 3.8) is 0 Å². The average Bonchev–Trinajstić information content (AvgIpc) is 2.80. The van der Waals surface area contributed by atoms with Gasteiger partial charge in [-0.25, -0.2) is 0 Å². The predicted molar refractivity (Wildman–Crippen MR) is 76.5 cm³/mol. The molecule has 19 heavy (non-hydrogen) atoms. The lowest BCUT2D eigenvalue weighted by Gasteiger charge is -2.19. The molecule has 3 nitrogen and oxygen atoms in total. The SMILES string of the molecule is O=C(Cc1ccc(Cl)cc1Cl)NC1CCCC1CO. The first-order chi connectivity index (χ1) is 9.10. The molecule has 0 radical (unpaired) electrons. The third-order valence-electron chi connectivity index (χ3n) is 3.61. The molecule has 1 amide bonds. The molecule has 104 valence electrons. The zero-order valence-electron chi connectivity index (χ0n) is 10.5. The molecule has 0 aromatic heterocycles. The van der Waals surface area contributed by atoms with Crippen LogP contribution in [0.4, 0.5) is 0 Å². The summed E-state index contributed by atoms with van der Waals surface area (Å²) in [6, 6.07) is 5.21. The van der Waals surface area contributed by atoms with Gasteiger partial charge in [0.05, 0.1) is 6.42 Å². The fraction of sp³-hybridized carbons (Fsp3) is 0.500. The molecule has 1 aliphatic carbocycles. The van der Waals surface area contributed by atoms with Crippen molar-refractivity contribution in [1.82, 2.24) is 5.32 Å². The van der Waals surface area contributed by atoms with Crippen LogP contribution in [0.3, 0.4) is 0 Å². The van der Waals surface area contributed by atoms with Gasteiger partial charge >= 0.3 is 0 Å². The highest BCUT2D eigenvalue weighted by molar-refractivity contribution is 6.35. The largest absolute Gasteiger partial charge is 0.396 e. The zero-order valence-corrected chi connectivity index (χ0v) is 12.0. The van der Waals surface area contributed by atoms with Crippen LogP contribution in [0.5, 0.6) is 0 Å². The first kappa shape index (κ1) is 14.6. The van der Waals surface area contributed by atoms with Crippen LogP contribution < -0.4 is 5.32 Å². The predicted octanol–water partition coefficient (Wildman–Crippen LogP) is 2.81. The summed E-state index contributed by atoms with van der Waals surface area (Å²) in [5, 5.41) is 13.3. The van der Waals surface area contributed by atoms with E-state index in [1.807, 2.05) is 0 Å². The topological polar surface area (TPSA) is 49.3 Å². The van der Waals surface area contributed by atoms with Crippen molar-refractivity contribution in [2.75, 3.05) is 6.61 Å². The van der Waals surface area contributed by atoms with Gasteiger partial charge in [0.2, 0.25) is 5.91 Å². The van der Waals surface area contributed by atoms with Crippen LogP contribution in [0.25, 0.3) is 0 Å². The highest BCUT2D eigenvalue weighted by Gasteiger charge is 2.27. The Balaban J connectivity index is 1.94. The lowest BCUT2D eigenvalue weighted by molar-refractivity contribution is -0.121. The van der Waals surface area contributed by atoms with Gasteiger partial charge in [-0.2, -0.15) is 0 Å². The minimum Gasteiger partial charge on any atom is -0.396 e. The number of hydrogen-bond acceptors (Lipinski definition) is 2. The minimum absolute atomic E-state index is 0.0606. The zero-order chi connectivity index (χ0) is 13.8. The van der Waals surface area contributed by atoms with Crippen LogP contribution >= 0.6 is 23.2 Å². The third-order valence-corrected chi connectivity index (χ3v) is 4.19. The number of rotatable bonds is 4. The maximum absolute atomic E-state index is 12.0. The van der Waals surface area contributed by atoms with E-state index in [0.717, 1.165) is 24.8 Å². The Labute approximate surface area is 122 Å². The standard InChI is InChI=1S/C14H17Cl2NO2/c15-11-5-4-9(12(16)7-11)6-14(19)17-13-3-1-2-10(13)8-18/h4-5,7,10,13,18H,1-3,6,8H2,(H,17,19). The van der Waals surface area contributed by atoms with Crippen molar-refractivity contribution in [2.24, 2.45) is 5.92 Å². The smallest absolute Gasteiger partial charge is 0.224 e. The second kappa shape index (κ2) is 6.60. The number of benzene rings is 1. The van der Waals surface area contributed by atoms with E-state index in [2.05, 4.69) is 5.32 Å². The van der Waals surface area contributed by atoms with Crippen molar-refractivity contribution in [2.45, 2.75) is 31.7 Å². The molecule has 0 heterocycles. The van der Waals surface area contributed by atoms with E-state index in [9.17, 15) is 9.90 Å². The highest BCUT2D eigenvalue weighted by Crippen LogP contribution is 2.25. The van der Waals surface area contributed by atoms with E-state index >= 15 is 0 Å². The molecular weight excluding hydrogens is 285 g/mol. The van der Waals surface area contributed by atoms with Crippen LogP contribution in [0.15, 0.2) is 18.2 Å². The molecule has 2 rings (SSSR count). The van der Waals surface area contributed by atoms with Gasteiger partial charge in [-0.1, -0.05) is 35.7 Å². The second-order valence-electron chi connectivity index (χ2n) is 4.96. The Morgan fingerprint density at radius 2 is 2.16 bits per heavy atom. The van der Waals surface area contributed by atoms with Gasteiger partial charge in [-0.3, -0.25) is 4.79 Å². The van der Waals surface area contributed by atoms with Gasteiger partial charge in [0, 0.05) is 28.6 Å². The second-order valence-corrected chi connectivity index (χ2v) is 5.80. The van der Waals surface area contributed by atoms with Crippen molar-refractivity contribution in [1.29, 1.82) is 0 Å². The molecule has 0 saturated heterocycles. The molecule has 0 spiro atoms. The van der Waals surface area contributed by atoms with Crippen LogP contribution in [0.1, 0.15) is 24.8 Å². The quantitative estimate of drug-likeness (QED) is 0.898. The van der Waals surface area contributed by atoms with Gasteiger partial charge < -0.3 is 10.4 Å². The lowest BCUT2D eigenvalue weighted by atomic mass is 10.0. The minimum atomic E-state index is -0.0606. The molecule has 1 aromatic carbocycles. The molecule has 1 aromatic rings.